The van der Waals surface area contributed by atoms with Crippen LogP contribution >= 0.6 is 11.6 Å². The molecule has 3 aromatic rings. The molecular weight excluding hydrogens is 774 g/mol. The molecule has 3 heterocycles. The number of nitrogens with zero attached hydrogens (tertiary/aromatic N) is 5. The molecule has 0 spiro atoms. The molecule has 0 saturated carbocycles. The molecule has 314 valence electrons. The van der Waals surface area contributed by atoms with Gasteiger partial charge in [-0.25, -0.2) is 19.4 Å². The number of halogens is 1. The van der Waals surface area contributed by atoms with E-state index >= 15 is 0 Å². The highest BCUT2D eigenvalue weighted by Gasteiger charge is 2.52. The van der Waals surface area contributed by atoms with Gasteiger partial charge in [-0.3, -0.25) is 9.36 Å². The van der Waals surface area contributed by atoms with Crippen LogP contribution in [0.1, 0.15) is 94.9 Å². The second-order valence-electron chi connectivity index (χ2n) is 17.8. The molecule has 4 rings (SSSR count). The van der Waals surface area contributed by atoms with Crippen LogP contribution in [-0.2, 0) is 44.1 Å². The van der Waals surface area contributed by atoms with Gasteiger partial charge in [-0.15, -0.1) is 0 Å². The smallest absolute Gasteiger partial charge is 0.425 e. The Balaban J connectivity index is 1.84. The first-order valence-electron chi connectivity index (χ1n) is 19.1. The summed E-state index contributed by atoms with van der Waals surface area (Å²) in [6, 6.07) is 9.10. The first-order valence-corrected chi connectivity index (χ1v) is 22.4. The number of hydrogen-bond acceptors (Lipinski definition) is 13. The van der Waals surface area contributed by atoms with Crippen LogP contribution in [-0.4, -0.2) is 94.0 Å². The molecule has 17 heteroatoms. The summed E-state index contributed by atoms with van der Waals surface area (Å²) in [5, 5.41) is -0.502. The van der Waals surface area contributed by atoms with E-state index in [1.54, 1.807) is 53.0 Å². The van der Waals surface area contributed by atoms with E-state index in [9.17, 15) is 19.2 Å². The van der Waals surface area contributed by atoms with Gasteiger partial charge in [0.1, 0.15) is 11.2 Å². The van der Waals surface area contributed by atoms with Gasteiger partial charge in [0.2, 0.25) is 10.9 Å². The zero-order valence-corrected chi connectivity index (χ0v) is 37.3. The van der Waals surface area contributed by atoms with Crippen molar-refractivity contribution in [3.8, 4) is 0 Å². The Labute approximate surface area is 341 Å². The lowest BCUT2D eigenvalue weighted by atomic mass is 9.90. The summed E-state index contributed by atoms with van der Waals surface area (Å²) in [4.78, 5) is 68.3. The largest absolute Gasteiger partial charge is 0.463 e. The van der Waals surface area contributed by atoms with Crippen molar-refractivity contribution in [2.24, 2.45) is 5.92 Å². The number of fused-ring (bicyclic) bond motifs is 1. The predicted molar refractivity (Wildman–Crippen MR) is 217 cm³/mol. The highest BCUT2D eigenvalue weighted by molar-refractivity contribution is 6.74. The van der Waals surface area contributed by atoms with Gasteiger partial charge in [0, 0.05) is 12.3 Å². The van der Waals surface area contributed by atoms with E-state index in [2.05, 4.69) is 48.8 Å². The van der Waals surface area contributed by atoms with E-state index in [1.165, 1.54) is 13.3 Å². The normalized spacial score (nSPS) is 20.2. The molecule has 0 N–H and O–H groups in total. The number of imide groups is 1. The molecule has 1 aliphatic rings. The zero-order valence-electron chi connectivity index (χ0n) is 35.6. The Morgan fingerprint density at radius 3 is 2.02 bits per heavy atom. The van der Waals surface area contributed by atoms with Crippen molar-refractivity contribution in [3.63, 3.8) is 0 Å². The van der Waals surface area contributed by atoms with Gasteiger partial charge in [0.25, 0.3) is 0 Å². The highest BCUT2D eigenvalue weighted by atomic mass is 35.5. The van der Waals surface area contributed by atoms with Crippen LogP contribution in [0.15, 0.2) is 36.7 Å². The van der Waals surface area contributed by atoms with Crippen LogP contribution in [0.3, 0.4) is 0 Å². The van der Waals surface area contributed by atoms with E-state index < -0.39 is 67.5 Å². The van der Waals surface area contributed by atoms with E-state index in [1.807, 2.05) is 37.3 Å². The summed E-state index contributed by atoms with van der Waals surface area (Å²) < 4.78 is 38.4. The number of rotatable bonds is 12. The minimum Gasteiger partial charge on any atom is -0.463 e. The van der Waals surface area contributed by atoms with Crippen molar-refractivity contribution in [2.75, 3.05) is 18.1 Å². The van der Waals surface area contributed by atoms with Crippen LogP contribution in [0.25, 0.3) is 11.2 Å². The number of carbonyl (C=O) groups is 4. The number of aromatic nitrogens is 4. The molecule has 2 amide bonds. The summed E-state index contributed by atoms with van der Waals surface area (Å²) >= 11 is 6.54. The van der Waals surface area contributed by atoms with E-state index in [4.69, 9.17) is 39.7 Å². The molecule has 0 aliphatic carbocycles. The number of benzene rings is 1. The van der Waals surface area contributed by atoms with Gasteiger partial charge in [0.05, 0.1) is 31.7 Å². The molecular formula is C40H58ClN5O10Si. The van der Waals surface area contributed by atoms with Gasteiger partial charge in [0.15, 0.2) is 37.3 Å². The fraction of sp³-hybridized carbons (Fsp3) is 0.625. The van der Waals surface area contributed by atoms with Crippen molar-refractivity contribution in [2.45, 2.75) is 143 Å². The van der Waals surface area contributed by atoms with E-state index in [0.29, 0.717) is 10.5 Å². The lowest BCUT2D eigenvalue weighted by molar-refractivity contribution is -0.182. The number of hydrogen-bond donors (Lipinski definition) is 0. The maximum Gasteiger partial charge on any atom is 0.425 e. The molecule has 57 heavy (non-hydrogen) atoms. The van der Waals surface area contributed by atoms with Crippen molar-refractivity contribution < 1.29 is 47.3 Å². The third kappa shape index (κ3) is 10.6. The summed E-state index contributed by atoms with van der Waals surface area (Å²) in [5.41, 5.74) is -3.06. The van der Waals surface area contributed by atoms with Crippen LogP contribution in [0.5, 0.6) is 0 Å². The topological polar surface area (TPSA) is 171 Å². The highest BCUT2D eigenvalue weighted by Crippen LogP contribution is 2.45. The average Bonchev–Trinajstić information content (AvgIpc) is 3.61. The lowest BCUT2D eigenvalue weighted by Crippen LogP contribution is -2.52. The van der Waals surface area contributed by atoms with Gasteiger partial charge in [-0.1, -0.05) is 58.0 Å². The number of esters is 1. The summed E-state index contributed by atoms with van der Waals surface area (Å²) in [7, 11) is -2.51. The molecule has 2 aromatic heterocycles. The number of amides is 2. The van der Waals surface area contributed by atoms with Crippen molar-refractivity contribution in [1.29, 1.82) is 0 Å². The summed E-state index contributed by atoms with van der Waals surface area (Å²) in [5.74, 6) is -1.94. The number of Topliss-reactive ketones (excluding diaryl/α,β-unsaturated/α-hetero) is 1. The third-order valence-corrected chi connectivity index (χ3v) is 14.6. The molecule has 0 radical (unpaired) electrons. The first kappa shape index (κ1) is 45.7. The SMILES string of the molecule is CCOC(=O)C(Cc1ccccc1)(OC[C@H]1O[C@@H](n2cnc3c(N(C(=O)OC(C)(C)C)C(=O)OC(C)(C)C)nc(Cl)nc32)[C@H](O[Si](C)(C)C(C)(C)C)[C@H]1C)C(C)=O. The number of carbonyl (C=O) groups excluding carboxylic acids is 4. The number of ether oxygens (including phenoxy) is 5. The number of imidazole rings is 1. The average molecular weight is 832 g/mol. The maximum absolute atomic E-state index is 13.7. The Hall–Kier alpha value is -3.96. The number of anilines is 1. The minimum atomic E-state index is -2.51. The molecule has 1 unspecified atom stereocenters. The van der Waals surface area contributed by atoms with E-state index in [0.717, 1.165) is 0 Å². The molecule has 5 atom stereocenters. The fourth-order valence-electron chi connectivity index (χ4n) is 5.94. The second-order valence-corrected chi connectivity index (χ2v) is 22.9. The maximum atomic E-state index is 13.7. The van der Waals surface area contributed by atoms with Crippen LogP contribution < -0.4 is 4.90 Å². The van der Waals surface area contributed by atoms with Crippen molar-refractivity contribution >= 4 is 60.8 Å². The zero-order chi connectivity index (χ0) is 42.9. The van der Waals surface area contributed by atoms with E-state index in [-0.39, 0.29) is 52.9 Å². The molecule has 1 fully saturated rings. The first-order chi connectivity index (χ1) is 26.2. The minimum absolute atomic E-state index is 0.0268. The van der Waals surface area contributed by atoms with Gasteiger partial charge in [-0.05, 0) is 90.7 Å². The van der Waals surface area contributed by atoms with Gasteiger partial charge in [-0.2, -0.15) is 14.9 Å². The summed E-state index contributed by atoms with van der Waals surface area (Å²) in [6.07, 6.45) is -2.99. The lowest BCUT2D eigenvalue weighted by Gasteiger charge is -2.40. The fourth-order valence-corrected chi connectivity index (χ4v) is 7.46. The van der Waals surface area contributed by atoms with Crippen LogP contribution in [0, 0.1) is 5.92 Å². The van der Waals surface area contributed by atoms with Crippen LogP contribution in [0.4, 0.5) is 15.4 Å². The Morgan fingerprint density at radius 2 is 1.51 bits per heavy atom. The third-order valence-electron chi connectivity index (χ3n) is 9.91. The van der Waals surface area contributed by atoms with Gasteiger partial charge >= 0.3 is 18.2 Å². The Kier molecular flexibility index (Phi) is 13.7. The molecule has 15 nitrogen and oxygen atoms in total. The van der Waals surface area contributed by atoms with Crippen molar-refractivity contribution in [1.82, 2.24) is 19.5 Å². The van der Waals surface area contributed by atoms with Crippen LogP contribution in [0.2, 0.25) is 23.4 Å². The Morgan fingerprint density at radius 1 is 0.930 bits per heavy atom. The predicted octanol–water partition coefficient (Wildman–Crippen LogP) is 8.23. The monoisotopic (exact) mass is 831 g/mol. The standard InChI is InChI=1S/C40H58ClN5O10Si/c1-15-51-33(48)40(25(3)47,21-26-19-17-16-18-20-26)52-22-27-24(2)29(56-57(13,14)39(10,11)12)32(53-27)45-23-42-28-30(45)43-34(41)44-31(28)46(35(49)54-37(4,5)6)36(50)55-38(7,8)9/h16-20,23-24,27,29,32H,15,21-22H2,1-14H3/t24-,27+,29+,32+,40?/m0/s1. The Bertz CT molecular complexity index is 1910. The molecule has 1 aromatic carbocycles. The van der Waals surface area contributed by atoms with Crippen molar-refractivity contribution in [3.05, 3.63) is 47.5 Å². The number of ketones is 1. The van der Waals surface area contributed by atoms with Gasteiger partial charge < -0.3 is 28.1 Å². The second kappa shape index (κ2) is 17.1. The molecule has 0 bridgehead atoms. The summed E-state index contributed by atoms with van der Waals surface area (Å²) in [6.45, 7) is 25.3. The quantitative estimate of drug-likeness (QED) is 0.0563. The molecule has 1 saturated heterocycles. The molecule has 1 aliphatic heterocycles.